The molecular formula is C8H11N3O. The highest BCUT2D eigenvalue weighted by Crippen LogP contribution is 2.02. The van der Waals surface area contributed by atoms with Crippen LogP contribution in [0.15, 0.2) is 18.3 Å². The highest BCUT2D eigenvalue weighted by molar-refractivity contribution is 5.45. The number of pyridine rings is 1. The van der Waals surface area contributed by atoms with Gasteiger partial charge in [-0.05, 0) is 24.1 Å². The molecule has 0 aliphatic heterocycles. The summed E-state index contributed by atoms with van der Waals surface area (Å²) in [5.41, 5.74) is 6.54. The molecule has 0 fully saturated rings. The zero-order valence-electron chi connectivity index (χ0n) is 6.66. The van der Waals surface area contributed by atoms with Gasteiger partial charge in [0.1, 0.15) is 5.82 Å². The van der Waals surface area contributed by atoms with Crippen molar-refractivity contribution in [3.63, 3.8) is 0 Å². The number of aromatic nitrogens is 1. The molecule has 0 aliphatic carbocycles. The molecule has 1 heterocycles. The molecule has 0 bridgehead atoms. The number of nitrogens with zero attached hydrogens (tertiary/aromatic N) is 1. The molecule has 0 saturated carbocycles. The molecule has 0 aromatic carbocycles. The summed E-state index contributed by atoms with van der Waals surface area (Å²) in [4.78, 5) is 13.8. The number of hydrogen-bond donors (Lipinski definition) is 2. The average Bonchev–Trinajstić information content (AvgIpc) is 2.05. The number of carbonyl (C=O) groups is 1. The van der Waals surface area contributed by atoms with Crippen molar-refractivity contribution in [1.82, 2.24) is 10.3 Å². The van der Waals surface area contributed by atoms with Gasteiger partial charge in [-0.3, -0.25) is 4.79 Å². The fraction of sp³-hybridized carbons (Fsp3) is 0.250. The third kappa shape index (κ3) is 2.57. The molecule has 64 valence electrons. The first-order chi connectivity index (χ1) is 5.83. The molecule has 4 nitrogen and oxygen atoms in total. The van der Waals surface area contributed by atoms with E-state index in [4.69, 9.17) is 5.73 Å². The molecule has 0 spiro atoms. The molecule has 0 aliphatic rings. The molecule has 12 heavy (non-hydrogen) atoms. The minimum atomic E-state index is 0.513. The van der Waals surface area contributed by atoms with Crippen molar-refractivity contribution in [2.45, 2.75) is 6.42 Å². The van der Waals surface area contributed by atoms with Gasteiger partial charge in [0.15, 0.2) is 0 Å². The van der Waals surface area contributed by atoms with Crippen LogP contribution < -0.4 is 11.1 Å². The van der Waals surface area contributed by atoms with Crippen molar-refractivity contribution in [2.75, 3.05) is 12.3 Å². The van der Waals surface area contributed by atoms with Gasteiger partial charge >= 0.3 is 0 Å². The van der Waals surface area contributed by atoms with Gasteiger partial charge in [-0.1, -0.05) is 0 Å². The predicted molar refractivity (Wildman–Crippen MR) is 46.4 cm³/mol. The van der Waals surface area contributed by atoms with Crippen molar-refractivity contribution in [2.24, 2.45) is 0 Å². The first kappa shape index (κ1) is 8.52. The summed E-state index contributed by atoms with van der Waals surface area (Å²) in [5, 5.41) is 2.57. The van der Waals surface area contributed by atoms with Gasteiger partial charge in [-0.25, -0.2) is 4.98 Å². The van der Waals surface area contributed by atoms with Crippen LogP contribution in [0.3, 0.4) is 0 Å². The second kappa shape index (κ2) is 4.33. The largest absolute Gasteiger partial charge is 0.384 e. The zero-order chi connectivity index (χ0) is 8.81. The van der Waals surface area contributed by atoms with E-state index in [9.17, 15) is 4.79 Å². The molecule has 1 amide bonds. The third-order valence-electron chi connectivity index (χ3n) is 1.49. The SMILES string of the molecule is Nc1cc(CCNC=O)ccn1. The van der Waals surface area contributed by atoms with E-state index < -0.39 is 0 Å². The van der Waals surface area contributed by atoms with Crippen LogP contribution in [-0.2, 0) is 11.2 Å². The Hall–Kier alpha value is -1.58. The van der Waals surface area contributed by atoms with Gasteiger partial charge in [-0.15, -0.1) is 0 Å². The molecule has 1 aromatic heterocycles. The molecule has 0 radical (unpaired) electrons. The van der Waals surface area contributed by atoms with Crippen LogP contribution in [0, 0.1) is 0 Å². The highest BCUT2D eigenvalue weighted by atomic mass is 16.1. The predicted octanol–water partition coefficient (Wildman–Crippen LogP) is -0.0477. The van der Waals surface area contributed by atoms with Crippen molar-refractivity contribution >= 4 is 12.2 Å². The fourth-order valence-electron chi connectivity index (χ4n) is 0.925. The van der Waals surface area contributed by atoms with Crippen LogP contribution in [0.2, 0.25) is 0 Å². The molecule has 1 aromatic rings. The molecule has 0 saturated heterocycles. The Morgan fingerprint density at radius 1 is 1.67 bits per heavy atom. The standard InChI is InChI=1S/C8H11N3O/c9-8-5-7(2-4-11-8)1-3-10-6-12/h2,4-6H,1,3H2,(H2,9,11)(H,10,12). The van der Waals surface area contributed by atoms with Gasteiger partial charge < -0.3 is 11.1 Å². The zero-order valence-corrected chi connectivity index (χ0v) is 6.66. The maximum absolute atomic E-state index is 9.91. The van der Waals surface area contributed by atoms with Crippen molar-refractivity contribution in [3.8, 4) is 0 Å². The molecule has 3 N–H and O–H groups in total. The summed E-state index contributed by atoms with van der Waals surface area (Å²) in [6.45, 7) is 0.632. The Balaban J connectivity index is 2.46. The van der Waals surface area contributed by atoms with Crippen LogP contribution in [0.1, 0.15) is 5.56 Å². The number of rotatable bonds is 4. The van der Waals surface area contributed by atoms with E-state index in [1.807, 2.05) is 6.07 Å². The van der Waals surface area contributed by atoms with Crippen LogP contribution in [-0.4, -0.2) is 17.9 Å². The lowest BCUT2D eigenvalue weighted by Gasteiger charge is -2.00. The van der Waals surface area contributed by atoms with Crippen LogP contribution in [0.25, 0.3) is 0 Å². The minimum Gasteiger partial charge on any atom is -0.384 e. The second-order valence-electron chi connectivity index (χ2n) is 2.41. The maximum atomic E-state index is 9.91. The van der Waals surface area contributed by atoms with E-state index in [1.54, 1.807) is 12.3 Å². The van der Waals surface area contributed by atoms with Crippen molar-refractivity contribution in [3.05, 3.63) is 23.9 Å². The van der Waals surface area contributed by atoms with E-state index >= 15 is 0 Å². The van der Waals surface area contributed by atoms with Gasteiger partial charge in [0.05, 0.1) is 0 Å². The monoisotopic (exact) mass is 165 g/mol. The molecule has 1 rings (SSSR count). The Bertz CT molecular complexity index is 262. The lowest BCUT2D eigenvalue weighted by Crippen LogP contribution is -2.14. The van der Waals surface area contributed by atoms with Gasteiger partial charge in [0.2, 0.25) is 6.41 Å². The van der Waals surface area contributed by atoms with Gasteiger partial charge in [0.25, 0.3) is 0 Å². The van der Waals surface area contributed by atoms with E-state index in [0.29, 0.717) is 18.8 Å². The summed E-state index contributed by atoms with van der Waals surface area (Å²) in [7, 11) is 0. The topological polar surface area (TPSA) is 68.0 Å². The number of nitrogen functional groups attached to an aromatic ring is 1. The van der Waals surface area contributed by atoms with Gasteiger partial charge in [0, 0.05) is 12.7 Å². The number of nitrogens with two attached hydrogens (primary N) is 1. The van der Waals surface area contributed by atoms with E-state index in [0.717, 1.165) is 12.0 Å². The fourth-order valence-corrected chi connectivity index (χ4v) is 0.925. The van der Waals surface area contributed by atoms with Crippen molar-refractivity contribution < 1.29 is 4.79 Å². The molecule has 4 heteroatoms. The summed E-state index contributed by atoms with van der Waals surface area (Å²) in [6.07, 6.45) is 3.13. The smallest absolute Gasteiger partial charge is 0.207 e. The van der Waals surface area contributed by atoms with Crippen LogP contribution in [0.4, 0.5) is 5.82 Å². The summed E-state index contributed by atoms with van der Waals surface area (Å²) >= 11 is 0. The lowest BCUT2D eigenvalue weighted by molar-refractivity contribution is -0.109. The third-order valence-corrected chi connectivity index (χ3v) is 1.49. The lowest BCUT2D eigenvalue weighted by atomic mass is 10.2. The number of carbonyl (C=O) groups excluding carboxylic acids is 1. The quantitative estimate of drug-likeness (QED) is 0.485. The summed E-state index contributed by atoms with van der Waals surface area (Å²) in [5.74, 6) is 0.513. The van der Waals surface area contributed by atoms with E-state index in [1.165, 1.54) is 0 Å². The second-order valence-corrected chi connectivity index (χ2v) is 2.41. The van der Waals surface area contributed by atoms with Gasteiger partial charge in [-0.2, -0.15) is 0 Å². The van der Waals surface area contributed by atoms with E-state index in [-0.39, 0.29) is 0 Å². The minimum absolute atomic E-state index is 0.513. The summed E-state index contributed by atoms with van der Waals surface area (Å²) in [6, 6.07) is 3.68. The Kier molecular flexibility index (Phi) is 3.07. The first-order valence-electron chi connectivity index (χ1n) is 3.70. The van der Waals surface area contributed by atoms with Crippen LogP contribution >= 0.6 is 0 Å². The Labute approximate surface area is 70.8 Å². The number of amides is 1. The highest BCUT2D eigenvalue weighted by Gasteiger charge is 1.92. The normalized spacial score (nSPS) is 9.33. The Morgan fingerprint density at radius 2 is 2.50 bits per heavy atom. The molecule has 0 unspecified atom stereocenters. The average molecular weight is 165 g/mol. The van der Waals surface area contributed by atoms with Crippen LogP contribution in [0.5, 0.6) is 0 Å². The number of anilines is 1. The summed E-state index contributed by atoms with van der Waals surface area (Å²) < 4.78 is 0. The maximum Gasteiger partial charge on any atom is 0.207 e. The van der Waals surface area contributed by atoms with Crippen molar-refractivity contribution in [1.29, 1.82) is 0 Å². The number of nitrogens with one attached hydrogen (secondary N) is 1. The Morgan fingerprint density at radius 3 is 3.17 bits per heavy atom. The van der Waals surface area contributed by atoms with E-state index in [2.05, 4.69) is 10.3 Å². The molecule has 0 atom stereocenters. The first-order valence-corrected chi connectivity index (χ1v) is 3.70. The number of hydrogen-bond acceptors (Lipinski definition) is 3. The molecular weight excluding hydrogens is 154 g/mol.